The molecule has 1 heterocycles. The number of H-pyrrole nitrogens is 1. The van der Waals surface area contributed by atoms with Gasteiger partial charge in [-0.2, -0.15) is 0 Å². The standard InChI is InChI=1S/C58H101N15O14/c1-32(2)27-43(68-50(78)40(20-10-14-24-60)65-49(77)38(63)18-9-13-23-59)52(80)69-45(29-36-30-64-39-19-8-7-17-37(36)39)53(81)71-46(31-74)55(83)66-41(21-11-15-25-61)51(79)72-48(35(6)76)57(85)70-44(28-33(3)4)54(82)73-47(34(5)75)56(84)67-42(58(86)87)22-12-16-26-62/h7-8,17,19,30,32-35,38,40-48,64,74-76H,9-16,18,20-29,31,59-63H2,1-6H3,(H,65,77)(H,66,83)(H,67,84)(H,68,78)(H,69,80)(H,70,85)(H,71,81)(H,72,79)(H,73,82)(H,86,87)/t34-,35-,38+,40+,41+,42+,43+,44+,45+,46+,47+,48+/m1/s1. The predicted octanol–water partition coefficient (Wildman–Crippen LogP) is -3.15. The highest BCUT2D eigenvalue weighted by Gasteiger charge is 2.38. The van der Waals surface area contributed by atoms with Crippen molar-refractivity contribution in [3.05, 3.63) is 36.0 Å². The van der Waals surface area contributed by atoms with E-state index < -0.39 is 138 Å². The number of unbranched alkanes of at least 4 members (excludes halogenated alkanes) is 4. The summed E-state index contributed by atoms with van der Waals surface area (Å²) in [5.41, 5.74) is 30.1. The Kier molecular flexibility index (Phi) is 35.5. The summed E-state index contributed by atoms with van der Waals surface area (Å²) in [5.74, 6) is -9.93. The molecule has 12 atom stereocenters. The highest BCUT2D eigenvalue weighted by Crippen LogP contribution is 2.20. The fourth-order valence-corrected chi connectivity index (χ4v) is 9.45. The Labute approximate surface area is 509 Å². The van der Waals surface area contributed by atoms with Crippen molar-refractivity contribution in [2.24, 2.45) is 40.5 Å². The van der Waals surface area contributed by atoms with Crippen LogP contribution < -0.4 is 76.5 Å². The zero-order valence-corrected chi connectivity index (χ0v) is 51.4. The molecule has 1 aromatic heterocycles. The number of para-hydroxylation sites is 1. The number of carbonyl (C=O) groups is 10. The molecular formula is C58H101N15O14. The van der Waals surface area contributed by atoms with Crippen LogP contribution in [0.3, 0.4) is 0 Å². The number of aliphatic carboxylic acids is 1. The van der Waals surface area contributed by atoms with Gasteiger partial charge in [-0.25, -0.2) is 4.79 Å². The first-order valence-electron chi connectivity index (χ1n) is 30.3. The number of aliphatic hydroxyl groups is 3. The van der Waals surface area contributed by atoms with Gasteiger partial charge in [-0.3, -0.25) is 43.2 Å². The Bertz CT molecular complexity index is 2500. The van der Waals surface area contributed by atoms with Gasteiger partial charge >= 0.3 is 5.97 Å². The van der Waals surface area contributed by atoms with Crippen molar-refractivity contribution in [3.63, 3.8) is 0 Å². The van der Waals surface area contributed by atoms with E-state index in [2.05, 4.69) is 52.8 Å². The van der Waals surface area contributed by atoms with Crippen LogP contribution in [0.4, 0.5) is 0 Å². The van der Waals surface area contributed by atoms with Crippen molar-refractivity contribution in [1.29, 1.82) is 0 Å². The molecule has 0 saturated heterocycles. The Balaban J connectivity index is 2.46. The van der Waals surface area contributed by atoms with Crippen LogP contribution in [0, 0.1) is 11.8 Å². The molecule has 2 aromatic rings. The molecule has 29 nitrogen and oxygen atoms in total. The number of amides is 9. The number of carboxylic acids is 1. The van der Waals surface area contributed by atoms with Crippen LogP contribution in [0.2, 0.25) is 0 Å². The van der Waals surface area contributed by atoms with E-state index in [0.29, 0.717) is 80.9 Å². The lowest BCUT2D eigenvalue weighted by molar-refractivity contribution is -0.143. The second-order valence-corrected chi connectivity index (χ2v) is 23.0. The number of aromatic amines is 1. The fourth-order valence-electron chi connectivity index (χ4n) is 9.45. The van der Waals surface area contributed by atoms with Crippen molar-refractivity contribution in [2.75, 3.05) is 32.8 Å². The lowest BCUT2D eigenvalue weighted by atomic mass is 9.99. The first-order valence-corrected chi connectivity index (χ1v) is 30.3. The first kappa shape index (κ1) is 76.2. The average molecular weight is 1230 g/mol. The maximum absolute atomic E-state index is 14.5. The monoisotopic (exact) mass is 1230 g/mol. The third-order valence-corrected chi connectivity index (χ3v) is 14.4. The minimum Gasteiger partial charge on any atom is -0.480 e. The van der Waals surface area contributed by atoms with Gasteiger partial charge in [-0.05, 0) is 147 Å². The van der Waals surface area contributed by atoms with Crippen LogP contribution in [-0.2, 0) is 54.4 Å². The molecule has 87 heavy (non-hydrogen) atoms. The molecule has 0 aliphatic rings. The number of nitrogens with one attached hydrogen (secondary N) is 10. The van der Waals surface area contributed by atoms with E-state index in [-0.39, 0.29) is 69.9 Å². The summed E-state index contributed by atoms with van der Waals surface area (Å²) in [6.45, 7) is 9.65. The van der Waals surface area contributed by atoms with Crippen molar-refractivity contribution in [3.8, 4) is 0 Å². The lowest BCUT2D eigenvalue weighted by Crippen LogP contribution is -2.63. The van der Waals surface area contributed by atoms with E-state index in [9.17, 15) is 68.4 Å². The van der Waals surface area contributed by atoms with Crippen LogP contribution >= 0.6 is 0 Å². The second-order valence-electron chi connectivity index (χ2n) is 23.0. The van der Waals surface area contributed by atoms with Crippen molar-refractivity contribution < 1.29 is 68.4 Å². The zero-order valence-electron chi connectivity index (χ0n) is 51.4. The third kappa shape index (κ3) is 27.4. The van der Waals surface area contributed by atoms with Gasteiger partial charge in [-0.15, -0.1) is 0 Å². The van der Waals surface area contributed by atoms with Gasteiger partial charge in [0.1, 0.15) is 54.4 Å². The normalized spacial score (nSPS) is 15.6. The summed E-state index contributed by atoms with van der Waals surface area (Å²) in [5, 5.41) is 65.4. The minimum absolute atomic E-state index is 0.0172. The highest BCUT2D eigenvalue weighted by molar-refractivity contribution is 5.99. The molecule has 0 spiro atoms. The summed E-state index contributed by atoms with van der Waals surface area (Å²) >= 11 is 0. The Hall–Kier alpha value is -6.86. The van der Waals surface area contributed by atoms with Crippen molar-refractivity contribution in [2.45, 2.75) is 210 Å². The molecule has 0 radical (unpaired) electrons. The minimum atomic E-state index is -1.78. The Morgan fingerprint density at radius 3 is 1.26 bits per heavy atom. The molecular weight excluding hydrogens is 1130 g/mol. The lowest BCUT2D eigenvalue weighted by Gasteiger charge is -2.29. The maximum Gasteiger partial charge on any atom is 0.326 e. The largest absolute Gasteiger partial charge is 0.480 e. The molecule has 2 rings (SSSR count). The number of carbonyl (C=O) groups excluding carboxylic acids is 9. The fraction of sp³-hybridized carbons (Fsp3) is 0.690. The molecule has 0 fully saturated rings. The van der Waals surface area contributed by atoms with Gasteiger partial charge in [0.05, 0.1) is 24.9 Å². The topological polar surface area (TPSA) is 506 Å². The smallest absolute Gasteiger partial charge is 0.326 e. The number of nitrogens with two attached hydrogens (primary N) is 5. The van der Waals surface area contributed by atoms with Gasteiger partial charge in [0.2, 0.25) is 53.2 Å². The molecule has 0 bridgehead atoms. The molecule has 492 valence electrons. The third-order valence-electron chi connectivity index (χ3n) is 14.4. The van der Waals surface area contributed by atoms with Gasteiger partial charge in [-0.1, -0.05) is 52.3 Å². The van der Waals surface area contributed by atoms with Crippen LogP contribution in [-0.4, -0.2) is 190 Å². The number of aromatic nitrogens is 1. The first-order chi connectivity index (χ1) is 41.2. The number of carboxylic acid groups (broad SMARTS) is 1. The van der Waals surface area contributed by atoms with E-state index in [1.807, 2.05) is 13.8 Å². The zero-order chi connectivity index (χ0) is 65.3. The molecule has 24 N–H and O–H groups in total. The number of hydrogen-bond donors (Lipinski definition) is 19. The number of rotatable bonds is 44. The van der Waals surface area contributed by atoms with Crippen molar-refractivity contribution in [1.82, 2.24) is 52.8 Å². The summed E-state index contributed by atoms with van der Waals surface area (Å²) in [6.07, 6.45) is 2.44. The van der Waals surface area contributed by atoms with Gasteiger partial charge in [0, 0.05) is 23.5 Å². The van der Waals surface area contributed by atoms with Gasteiger partial charge < -0.3 is 102 Å². The molecule has 1 aromatic carbocycles. The van der Waals surface area contributed by atoms with Crippen LogP contribution in [0.15, 0.2) is 30.5 Å². The summed E-state index contributed by atoms with van der Waals surface area (Å²) < 4.78 is 0. The summed E-state index contributed by atoms with van der Waals surface area (Å²) in [4.78, 5) is 141. The number of aliphatic hydroxyl groups excluding tert-OH is 3. The second kappa shape index (κ2) is 40.6. The SMILES string of the molecule is CC(C)C[C@H](NC(=O)[C@H](CCCCN)NC(=O)[C@@H](N)CCCCN)C(=O)N[C@@H](Cc1c[nH]c2ccccc12)C(=O)N[C@@H](CO)C(=O)N[C@@H](CCCCN)C(=O)N[C@H](C(=O)N[C@@H](CC(C)C)C(=O)N[C@H](C(=O)N[C@@H](CCCCN)C(=O)O)[C@@H](C)O)[C@@H](C)O. The van der Waals surface area contributed by atoms with E-state index in [1.54, 1.807) is 44.3 Å². The van der Waals surface area contributed by atoms with Gasteiger partial charge in [0.15, 0.2) is 0 Å². The number of hydrogen-bond acceptors (Lipinski definition) is 18. The van der Waals surface area contributed by atoms with E-state index in [1.165, 1.54) is 13.8 Å². The van der Waals surface area contributed by atoms with E-state index in [4.69, 9.17) is 28.7 Å². The molecule has 29 heteroatoms. The molecule has 0 aliphatic carbocycles. The van der Waals surface area contributed by atoms with Crippen LogP contribution in [0.5, 0.6) is 0 Å². The van der Waals surface area contributed by atoms with Crippen LogP contribution in [0.1, 0.15) is 137 Å². The highest BCUT2D eigenvalue weighted by atomic mass is 16.4. The van der Waals surface area contributed by atoms with Gasteiger partial charge in [0.25, 0.3) is 0 Å². The van der Waals surface area contributed by atoms with Crippen molar-refractivity contribution >= 4 is 70.0 Å². The number of fused-ring (bicyclic) bond motifs is 1. The predicted molar refractivity (Wildman–Crippen MR) is 326 cm³/mol. The molecule has 0 saturated carbocycles. The molecule has 0 aliphatic heterocycles. The summed E-state index contributed by atoms with van der Waals surface area (Å²) in [6, 6.07) is -7.10. The van der Waals surface area contributed by atoms with Crippen LogP contribution in [0.25, 0.3) is 10.9 Å². The Morgan fingerprint density at radius 2 is 0.805 bits per heavy atom. The number of benzene rings is 1. The molecule has 0 unspecified atom stereocenters. The maximum atomic E-state index is 14.5. The average Bonchev–Trinajstić information content (AvgIpc) is 2.34. The van der Waals surface area contributed by atoms with E-state index in [0.717, 1.165) is 0 Å². The quantitative estimate of drug-likeness (QED) is 0.0291. The Morgan fingerprint density at radius 1 is 0.448 bits per heavy atom. The summed E-state index contributed by atoms with van der Waals surface area (Å²) in [7, 11) is 0. The molecule has 9 amide bonds. The van der Waals surface area contributed by atoms with E-state index >= 15 is 0 Å².